The van der Waals surface area contributed by atoms with Gasteiger partial charge in [-0.2, -0.15) is 0 Å². The van der Waals surface area contributed by atoms with Gasteiger partial charge in [0, 0.05) is 6.54 Å². The second kappa shape index (κ2) is 8.21. The van der Waals surface area contributed by atoms with Crippen molar-refractivity contribution in [3.8, 4) is 0 Å². The van der Waals surface area contributed by atoms with Crippen molar-refractivity contribution >= 4 is 6.09 Å². The average molecular weight is 303 g/mol. The number of benzene rings is 1. The first-order chi connectivity index (χ1) is 10.6. The van der Waals surface area contributed by atoms with E-state index < -0.39 is 0 Å². The molecule has 1 aliphatic carbocycles. The molecule has 0 spiro atoms. The first-order valence-corrected chi connectivity index (χ1v) is 8.54. The van der Waals surface area contributed by atoms with Crippen molar-refractivity contribution in [3.63, 3.8) is 0 Å². The van der Waals surface area contributed by atoms with Crippen molar-refractivity contribution < 1.29 is 9.53 Å². The molecule has 22 heavy (non-hydrogen) atoms. The SMILES string of the molecule is CC(C)C1CC[C@@H](C)C[C@H]1OC(=O)NCCc1ccccc1. The summed E-state index contributed by atoms with van der Waals surface area (Å²) in [4.78, 5) is 12.0. The second-order valence-electron chi connectivity index (χ2n) is 6.93. The molecule has 0 saturated heterocycles. The third-order valence-corrected chi connectivity index (χ3v) is 4.75. The highest BCUT2D eigenvalue weighted by Crippen LogP contribution is 2.35. The highest BCUT2D eigenvalue weighted by Gasteiger charge is 2.33. The number of ether oxygens (including phenoxy) is 1. The first kappa shape index (κ1) is 16.9. The Labute approximate surface area is 134 Å². The van der Waals surface area contributed by atoms with Gasteiger partial charge in [-0.3, -0.25) is 0 Å². The number of hydrogen-bond acceptors (Lipinski definition) is 2. The Morgan fingerprint density at radius 3 is 2.68 bits per heavy atom. The summed E-state index contributed by atoms with van der Waals surface area (Å²) in [6, 6.07) is 10.2. The van der Waals surface area contributed by atoms with Crippen molar-refractivity contribution in [1.29, 1.82) is 0 Å². The Morgan fingerprint density at radius 2 is 2.00 bits per heavy atom. The smallest absolute Gasteiger partial charge is 0.407 e. The molecular formula is C19H29NO2. The molecule has 0 aromatic heterocycles. The summed E-state index contributed by atoms with van der Waals surface area (Å²) < 4.78 is 5.72. The van der Waals surface area contributed by atoms with E-state index in [1.807, 2.05) is 18.2 Å². The second-order valence-corrected chi connectivity index (χ2v) is 6.93. The maximum atomic E-state index is 12.0. The van der Waals surface area contributed by atoms with Crippen LogP contribution in [0.15, 0.2) is 30.3 Å². The predicted molar refractivity (Wildman–Crippen MR) is 89.8 cm³/mol. The fourth-order valence-corrected chi connectivity index (χ4v) is 3.38. The van der Waals surface area contributed by atoms with Crippen molar-refractivity contribution in [2.24, 2.45) is 17.8 Å². The number of amides is 1. The molecule has 0 radical (unpaired) electrons. The molecule has 1 N–H and O–H groups in total. The number of nitrogens with one attached hydrogen (secondary N) is 1. The minimum atomic E-state index is -0.263. The Bertz CT molecular complexity index is 458. The summed E-state index contributed by atoms with van der Waals surface area (Å²) in [5.74, 6) is 1.71. The van der Waals surface area contributed by atoms with E-state index >= 15 is 0 Å². The fourth-order valence-electron chi connectivity index (χ4n) is 3.38. The van der Waals surface area contributed by atoms with Crippen LogP contribution in [-0.2, 0) is 11.2 Å². The molecule has 1 aromatic carbocycles. The van der Waals surface area contributed by atoms with Gasteiger partial charge in [0.1, 0.15) is 6.10 Å². The molecule has 3 atom stereocenters. The highest BCUT2D eigenvalue weighted by atomic mass is 16.6. The van der Waals surface area contributed by atoms with Crippen LogP contribution < -0.4 is 5.32 Å². The van der Waals surface area contributed by atoms with E-state index in [0.717, 1.165) is 12.8 Å². The molecule has 3 nitrogen and oxygen atoms in total. The van der Waals surface area contributed by atoms with Crippen LogP contribution in [0.5, 0.6) is 0 Å². The van der Waals surface area contributed by atoms with Gasteiger partial charge in [0.05, 0.1) is 0 Å². The van der Waals surface area contributed by atoms with Gasteiger partial charge >= 0.3 is 6.09 Å². The van der Waals surface area contributed by atoms with E-state index in [2.05, 4.69) is 38.2 Å². The van der Waals surface area contributed by atoms with Crippen LogP contribution in [0, 0.1) is 17.8 Å². The molecule has 0 heterocycles. The van der Waals surface area contributed by atoms with Crippen molar-refractivity contribution in [2.75, 3.05) is 6.54 Å². The van der Waals surface area contributed by atoms with Crippen LogP contribution in [0.3, 0.4) is 0 Å². The summed E-state index contributed by atoms with van der Waals surface area (Å²) in [5.41, 5.74) is 1.23. The molecular weight excluding hydrogens is 274 g/mol. The Balaban J connectivity index is 1.77. The van der Waals surface area contributed by atoms with Crippen LogP contribution in [0.25, 0.3) is 0 Å². The van der Waals surface area contributed by atoms with Crippen LogP contribution in [0.2, 0.25) is 0 Å². The predicted octanol–water partition coefficient (Wildman–Crippen LogP) is 4.42. The largest absolute Gasteiger partial charge is 0.446 e. The molecule has 3 heteroatoms. The minimum absolute atomic E-state index is 0.0699. The average Bonchev–Trinajstić information content (AvgIpc) is 2.48. The zero-order chi connectivity index (χ0) is 15.9. The van der Waals surface area contributed by atoms with Crippen LogP contribution >= 0.6 is 0 Å². The summed E-state index contributed by atoms with van der Waals surface area (Å²) >= 11 is 0. The van der Waals surface area contributed by atoms with Crippen LogP contribution in [0.4, 0.5) is 4.79 Å². The lowest BCUT2D eigenvalue weighted by Crippen LogP contribution is -2.39. The van der Waals surface area contributed by atoms with E-state index in [4.69, 9.17) is 4.74 Å². The Kier molecular flexibility index (Phi) is 6.29. The lowest BCUT2D eigenvalue weighted by molar-refractivity contribution is 0.00631. The van der Waals surface area contributed by atoms with Gasteiger partial charge in [0.2, 0.25) is 0 Å². The monoisotopic (exact) mass is 303 g/mol. The van der Waals surface area contributed by atoms with Gasteiger partial charge in [-0.15, -0.1) is 0 Å². The van der Waals surface area contributed by atoms with Gasteiger partial charge < -0.3 is 10.1 Å². The van der Waals surface area contributed by atoms with E-state index in [-0.39, 0.29) is 12.2 Å². The van der Waals surface area contributed by atoms with Gasteiger partial charge in [-0.25, -0.2) is 4.79 Å². The summed E-state index contributed by atoms with van der Waals surface area (Å²) in [6.07, 6.45) is 4.06. The Morgan fingerprint density at radius 1 is 1.27 bits per heavy atom. The van der Waals surface area contributed by atoms with E-state index in [9.17, 15) is 4.79 Å². The van der Waals surface area contributed by atoms with Crippen LogP contribution in [-0.4, -0.2) is 18.7 Å². The molecule has 1 aliphatic rings. The molecule has 1 fully saturated rings. The number of hydrogen-bond donors (Lipinski definition) is 1. The maximum Gasteiger partial charge on any atom is 0.407 e. The molecule has 1 aromatic rings. The lowest BCUT2D eigenvalue weighted by atomic mass is 9.75. The molecule has 1 amide bonds. The van der Waals surface area contributed by atoms with Crippen LogP contribution in [0.1, 0.15) is 45.6 Å². The minimum Gasteiger partial charge on any atom is -0.446 e. The third-order valence-electron chi connectivity index (χ3n) is 4.75. The number of rotatable bonds is 5. The molecule has 2 rings (SSSR count). The quantitative estimate of drug-likeness (QED) is 0.874. The van der Waals surface area contributed by atoms with E-state index in [1.165, 1.54) is 18.4 Å². The lowest BCUT2D eigenvalue weighted by Gasteiger charge is -2.36. The summed E-state index contributed by atoms with van der Waals surface area (Å²) in [7, 11) is 0. The summed E-state index contributed by atoms with van der Waals surface area (Å²) in [5, 5.41) is 2.89. The third kappa shape index (κ3) is 5.04. The van der Waals surface area contributed by atoms with E-state index in [1.54, 1.807) is 0 Å². The van der Waals surface area contributed by atoms with E-state index in [0.29, 0.717) is 24.3 Å². The molecule has 0 aliphatic heterocycles. The zero-order valence-corrected chi connectivity index (χ0v) is 14.0. The maximum absolute atomic E-state index is 12.0. The number of carbonyl (C=O) groups excluding carboxylic acids is 1. The highest BCUT2D eigenvalue weighted by molar-refractivity contribution is 5.67. The normalized spacial score (nSPS) is 25.0. The van der Waals surface area contributed by atoms with Crippen molar-refractivity contribution in [3.05, 3.63) is 35.9 Å². The van der Waals surface area contributed by atoms with Gasteiger partial charge in [0.15, 0.2) is 0 Å². The molecule has 1 unspecified atom stereocenters. The number of alkyl carbamates (subject to hydrolysis) is 1. The van der Waals surface area contributed by atoms with Gasteiger partial charge in [0.25, 0.3) is 0 Å². The fraction of sp³-hybridized carbons (Fsp3) is 0.632. The van der Waals surface area contributed by atoms with Gasteiger partial charge in [-0.05, 0) is 42.6 Å². The standard InChI is InChI=1S/C19H29NO2/c1-14(2)17-10-9-15(3)13-18(17)22-19(21)20-12-11-16-7-5-4-6-8-16/h4-8,14-15,17-18H,9-13H2,1-3H3,(H,20,21)/t15-,17?,18-/m1/s1. The molecule has 1 saturated carbocycles. The molecule has 122 valence electrons. The summed E-state index contributed by atoms with van der Waals surface area (Å²) in [6.45, 7) is 7.33. The molecule has 0 bridgehead atoms. The Hall–Kier alpha value is -1.51. The van der Waals surface area contributed by atoms with Gasteiger partial charge in [-0.1, -0.05) is 57.5 Å². The zero-order valence-electron chi connectivity index (χ0n) is 14.0. The number of carbonyl (C=O) groups is 1. The van der Waals surface area contributed by atoms with Crippen molar-refractivity contribution in [1.82, 2.24) is 5.32 Å². The first-order valence-electron chi connectivity index (χ1n) is 8.54. The topological polar surface area (TPSA) is 38.3 Å². The van der Waals surface area contributed by atoms with Crippen molar-refractivity contribution in [2.45, 2.75) is 52.6 Å².